The predicted octanol–water partition coefficient (Wildman–Crippen LogP) is 3.44. The van der Waals surface area contributed by atoms with E-state index in [9.17, 15) is 4.79 Å². The highest BCUT2D eigenvalue weighted by atomic mass is 16.5. The van der Waals surface area contributed by atoms with Crippen molar-refractivity contribution in [3.8, 4) is 0 Å². The maximum Gasteiger partial charge on any atom is 0.223 e. The van der Waals surface area contributed by atoms with E-state index in [1.807, 2.05) is 18.2 Å². The molecule has 0 aromatic heterocycles. The maximum absolute atomic E-state index is 12.5. The van der Waals surface area contributed by atoms with Gasteiger partial charge in [0.1, 0.15) is 0 Å². The Labute approximate surface area is 163 Å². The van der Waals surface area contributed by atoms with Gasteiger partial charge in [-0.1, -0.05) is 42.5 Å². The van der Waals surface area contributed by atoms with Gasteiger partial charge in [-0.3, -0.25) is 4.79 Å². The van der Waals surface area contributed by atoms with Crippen LogP contribution in [-0.2, 0) is 9.53 Å². The van der Waals surface area contributed by atoms with Crippen LogP contribution in [0.1, 0.15) is 37.7 Å². The van der Waals surface area contributed by atoms with Crippen molar-refractivity contribution in [1.82, 2.24) is 9.80 Å². The zero-order valence-electron chi connectivity index (χ0n) is 16.3. The Balaban J connectivity index is 1.23. The van der Waals surface area contributed by atoms with Gasteiger partial charge in [0.15, 0.2) is 0 Å². The number of carbonyl (C=O) groups is 1. The number of benzene rings is 1. The van der Waals surface area contributed by atoms with Crippen molar-refractivity contribution in [2.75, 3.05) is 45.9 Å². The lowest BCUT2D eigenvalue weighted by Gasteiger charge is -2.39. The normalized spacial score (nSPS) is 25.9. The van der Waals surface area contributed by atoms with Crippen molar-refractivity contribution in [2.24, 2.45) is 11.3 Å². The van der Waals surface area contributed by atoms with Gasteiger partial charge in [0.05, 0.1) is 0 Å². The predicted molar refractivity (Wildman–Crippen MR) is 108 cm³/mol. The lowest BCUT2D eigenvalue weighted by Crippen LogP contribution is -2.42. The number of nitrogens with zero attached hydrogens (tertiary/aromatic N) is 2. The highest BCUT2D eigenvalue weighted by Crippen LogP contribution is 2.41. The Bertz CT molecular complexity index is 644. The Hall–Kier alpha value is -1.65. The summed E-state index contributed by atoms with van der Waals surface area (Å²) in [4.78, 5) is 17.2. The Morgan fingerprint density at radius 3 is 2.74 bits per heavy atom. The van der Waals surface area contributed by atoms with E-state index in [0.717, 1.165) is 51.7 Å². The third-order valence-electron chi connectivity index (χ3n) is 6.64. The van der Waals surface area contributed by atoms with Crippen LogP contribution in [0.15, 0.2) is 36.4 Å². The standard InChI is InChI=1S/C23H32N2O2/c26-22-17-23(19-25(22)12-4-7-20-5-2-1-3-6-20)10-14-24(15-11-23)13-8-21-9-16-27-18-21/h1-7,21H,8-19H2/b7-4+. The molecule has 3 aliphatic heterocycles. The summed E-state index contributed by atoms with van der Waals surface area (Å²) in [5, 5.41) is 0. The van der Waals surface area contributed by atoms with Gasteiger partial charge in [0, 0.05) is 32.7 Å². The average molecular weight is 369 g/mol. The summed E-state index contributed by atoms with van der Waals surface area (Å²) in [6.45, 7) is 7.07. The smallest absolute Gasteiger partial charge is 0.223 e. The number of amides is 1. The van der Waals surface area contributed by atoms with Crippen LogP contribution < -0.4 is 0 Å². The highest BCUT2D eigenvalue weighted by molar-refractivity contribution is 5.79. The summed E-state index contributed by atoms with van der Waals surface area (Å²) >= 11 is 0. The van der Waals surface area contributed by atoms with E-state index in [1.165, 1.54) is 37.8 Å². The summed E-state index contributed by atoms with van der Waals surface area (Å²) in [5.74, 6) is 1.10. The molecule has 1 amide bonds. The quantitative estimate of drug-likeness (QED) is 0.771. The summed E-state index contributed by atoms with van der Waals surface area (Å²) in [5.41, 5.74) is 1.42. The van der Waals surface area contributed by atoms with Gasteiger partial charge in [-0.2, -0.15) is 0 Å². The van der Waals surface area contributed by atoms with E-state index >= 15 is 0 Å². The monoisotopic (exact) mass is 368 g/mol. The Morgan fingerprint density at radius 2 is 2.00 bits per heavy atom. The van der Waals surface area contributed by atoms with Gasteiger partial charge in [-0.25, -0.2) is 0 Å². The van der Waals surface area contributed by atoms with Crippen molar-refractivity contribution >= 4 is 12.0 Å². The fourth-order valence-corrected chi connectivity index (χ4v) is 4.79. The van der Waals surface area contributed by atoms with Gasteiger partial charge in [0.2, 0.25) is 5.91 Å². The molecule has 3 fully saturated rings. The zero-order valence-corrected chi connectivity index (χ0v) is 16.3. The van der Waals surface area contributed by atoms with Crippen LogP contribution in [0.5, 0.6) is 0 Å². The fraction of sp³-hybridized carbons (Fsp3) is 0.609. The van der Waals surface area contributed by atoms with Gasteiger partial charge in [-0.15, -0.1) is 0 Å². The van der Waals surface area contributed by atoms with E-state index < -0.39 is 0 Å². The number of ether oxygens (including phenoxy) is 1. The van der Waals surface area contributed by atoms with Crippen molar-refractivity contribution in [2.45, 2.75) is 32.1 Å². The third-order valence-corrected chi connectivity index (χ3v) is 6.64. The van der Waals surface area contributed by atoms with E-state index in [-0.39, 0.29) is 5.41 Å². The molecule has 3 saturated heterocycles. The minimum atomic E-state index is 0.227. The molecule has 27 heavy (non-hydrogen) atoms. The first-order valence-corrected chi connectivity index (χ1v) is 10.5. The lowest BCUT2D eigenvalue weighted by atomic mass is 9.77. The molecule has 1 unspecified atom stereocenters. The van der Waals surface area contributed by atoms with E-state index in [1.54, 1.807) is 0 Å². The molecule has 0 saturated carbocycles. The van der Waals surface area contributed by atoms with Crippen LogP contribution in [0.25, 0.3) is 6.08 Å². The second-order valence-electron chi connectivity index (χ2n) is 8.62. The number of piperidine rings is 1. The maximum atomic E-state index is 12.5. The Kier molecular flexibility index (Phi) is 5.94. The molecule has 0 aliphatic carbocycles. The van der Waals surface area contributed by atoms with E-state index in [4.69, 9.17) is 4.74 Å². The van der Waals surface area contributed by atoms with Gasteiger partial charge < -0.3 is 14.5 Å². The summed E-state index contributed by atoms with van der Waals surface area (Å²) in [7, 11) is 0. The third kappa shape index (κ3) is 4.80. The average Bonchev–Trinajstić information content (AvgIpc) is 3.31. The molecule has 3 heterocycles. The molecule has 0 bridgehead atoms. The van der Waals surface area contributed by atoms with E-state index in [0.29, 0.717) is 5.91 Å². The Morgan fingerprint density at radius 1 is 1.19 bits per heavy atom. The van der Waals surface area contributed by atoms with Crippen LogP contribution in [-0.4, -0.2) is 61.6 Å². The van der Waals surface area contributed by atoms with Crippen LogP contribution in [0, 0.1) is 11.3 Å². The first kappa shape index (κ1) is 18.7. The molecule has 3 aliphatic rings. The molecule has 4 nitrogen and oxygen atoms in total. The first-order chi connectivity index (χ1) is 13.2. The van der Waals surface area contributed by atoms with Crippen molar-refractivity contribution in [3.63, 3.8) is 0 Å². The largest absolute Gasteiger partial charge is 0.381 e. The number of hydrogen-bond acceptors (Lipinski definition) is 3. The second-order valence-corrected chi connectivity index (χ2v) is 8.62. The first-order valence-electron chi connectivity index (χ1n) is 10.5. The molecule has 146 valence electrons. The summed E-state index contributed by atoms with van der Waals surface area (Å²) < 4.78 is 5.49. The van der Waals surface area contributed by atoms with Crippen LogP contribution in [0.2, 0.25) is 0 Å². The molecule has 0 N–H and O–H groups in total. The molecular weight excluding hydrogens is 336 g/mol. The SMILES string of the molecule is O=C1CC2(CCN(CCC3CCOC3)CC2)CN1C/C=C/c1ccccc1. The molecule has 1 spiro atoms. The minimum Gasteiger partial charge on any atom is -0.381 e. The number of hydrogen-bond donors (Lipinski definition) is 0. The number of likely N-dealkylation sites (tertiary alicyclic amines) is 2. The van der Waals surface area contributed by atoms with Crippen molar-refractivity contribution < 1.29 is 9.53 Å². The summed E-state index contributed by atoms with van der Waals surface area (Å²) in [6.07, 6.45) is 9.83. The molecule has 1 atom stereocenters. The molecule has 0 radical (unpaired) electrons. The lowest BCUT2D eigenvalue weighted by molar-refractivity contribution is -0.127. The zero-order chi connectivity index (χ0) is 18.5. The van der Waals surface area contributed by atoms with Gasteiger partial charge >= 0.3 is 0 Å². The van der Waals surface area contributed by atoms with Crippen LogP contribution in [0.4, 0.5) is 0 Å². The summed E-state index contributed by atoms with van der Waals surface area (Å²) in [6, 6.07) is 10.3. The van der Waals surface area contributed by atoms with Crippen LogP contribution >= 0.6 is 0 Å². The molecule has 1 aromatic rings. The fourth-order valence-electron chi connectivity index (χ4n) is 4.79. The molecule has 1 aromatic carbocycles. The van der Waals surface area contributed by atoms with Crippen molar-refractivity contribution in [1.29, 1.82) is 0 Å². The number of rotatable bonds is 6. The van der Waals surface area contributed by atoms with Gasteiger partial charge in [-0.05, 0) is 62.2 Å². The molecular formula is C23H32N2O2. The van der Waals surface area contributed by atoms with Crippen molar-refractivity contribution in [3.05, 3.63) is 42.0 Å². The van der Waals surface area contributed by atoms with Gasteiger partial charge in [0.25, 0.3) is 0 Å². The van der Waals surface area contributed by atoms with E-state index in [2.05, 4.69) is 34.1 Å². The molecule has 4 rings (SSSR count). The second kappa shape index (κ2) is 8.57. The molecule has 4 heteroatoms. The number of carbonyl (C=O) groups excluding carboxylic acids is 1. The van der Waals surface area contributed by atoms with Crippen LogP contribution in [0.3, 0.4) is 0 Å². The highest BCUT2D eigenvalue weighted by Gasteiger charge is 2.44. The minimum absolute atomic E-state index is 0.227. The topological polar surface area (TPSA) is 32.8 Å².